The standard InChI is InChI=1S/C17H16O4S2/c1-3-21-17(18)11(2)12-8-9-15-16(10-12)23(20)14-7-5-4-6-13(14)22(15)19/h4-11H,3H2,1-2H3. The van der Waals surface area contributed by atoms with Crippen LogP contribution in [0.4, 0.5) is 0 Å². The van der Waals surface area contributed by atoms with Gasteiger partial charge in [-0.1, -0.05) is 18.2 Å². The van der Waals surface area contributed by atoms with Crippen molar-refractivity contribution < 1.29 is 17.9 Å². The van der Waals surface area contributed by atoms with Gasteiger partial charge in [-0.05, 0) is 43.7 Å². The van der Waals surface area contributed by atoms with Crippen LogP contribution in [0.3, 0.4) is 0 Å². The molecule has 3 atom stereocenters. The molecule has 0 aromatic heterocycles. The molecule has 23 heavy (non-hydrogen) atoms. The number of hydrogen-bond donors (Lipinski definition) is 0. The summed E-state index contributed by atoms with van der Waals surface area (Å²) in [5.74, 6) is -0.779. The molecule has 0 spiro atoms. The molecule has 0 fully saturated rings. The average Bonchev–Trinajstić information content (AvgIpc) is 2.58. The van der Waals surface area contributed by atoms with Crippen LogP contribution in [0.15, 0.2) is 62.0 Å². The fourth-order valence-electron chi connectivity index (χ4n) is 2.49. The van der Waals surface area contributed by atoms with Gasteiger partial charge in [-0.3, -0.25) is 4.79 Å². The van der Waals surface area contributed by atoms with Crippen LogP contribution in [0.2, 0.25) is 0 Å². The van der Waals surface area contributed by atoms with E-state index in [1.807, 2.05) is 0 Å². The van der Waals surface area contributed by atoms with E-state index in [4.69, 9.17) is 4.74 Å². The van der Waals surface area contributed by atoms with Crippen molar-refractivity contribution in [2.75, 3.05) is 6.61 Å². The van der Waals surface area contributed by atoms with Gasteiger partial charge in [0.2, 0.25) is 0 Å². The van der Waals surface area contributed by atoms with Gasteiger partial charge in [0.1, 0.15) is 0 Å². The van der Waals surface area contributed by atoms with Crippen molar-refractivity contribution in [2.24, 2.45) is 0 Å². The van der Waals surface area contributed by atoms with E-state index in [2.05, 4.69) is 0 Å². The summed E-state index contributed by atoms with van der Waals surface area (Å²) in [5.41, 5.74) is 0.715. The number of carbonyl (C=O) groups is 1. The molecule has 0 radical (unpaired) electrons. The lowest BCUT2D eigenvalue weighted by Gasteiger charge is -2.20. The summed E-state index contributed by atoms with van der Waals surface area (Å²) >= 11 is 0. The minimum atomic E-state index is -1.40. The number of benzene rings is 2. The molecule has 0 bridgehead atoms. The monoisotopic (exact) mass is 348 g/mol. The molecule has 3 unspecified atom stereocenters. The molecule has 2 aromatic carbocycles. The minimum absolute atomic E-state index is 0.317. The topological polar surface area (TPSA) is 60.4 Å². The molecule has 120 valence electrons. The first kappa shape index (κ1) is 16.1. The molecule has 2 aromatic rings. The molecule has 1 heterocycles. The maximum Gasteiger partial charge on any atom is 0.313 e. The van der Waals surface area contributed by atoms with Gasteiger partial charge in [-0.15, -0.1) is 0 Å². The molecular weight excluding hydrogens is 332 g/mol. The largest absolute Gasteiger partial charge is 0.466 e. The van der Waals surface area contributed by atoms with Crippen molar-refractivity contribution in [2.45, 2.75) is 39.3 Å². The zero-order valence-electron chi connectivity index (χ0n) is 12.8. The Morgan fingerprint density at radius 3 is 2.17 bits per heavy atom. The van der Waals surface area contributed by atoms with E-state index in [9.17, 15) is 13.2 Å². The third-order valence-electron chi connectivity index (χ3n) is 3.76. The third kappa shape index (κ3) is 2.77. The van der Waals surface area contributed by atoms with Gasteiger partial charge in [0, 0.05) is 0 Å². The highest BCUT2D eigenvalue weighted by Gasteiger charge is 2.29. The molecule has 1 aliphatic heterocycles. The van der Waals surface area contributed by atoms with E-state index >= 15 is 0 Å². The van der Waals surface area contributed by atoms with Gasteiger partial charge in [-0.25, -0.2) is 8.42 Å². The number of ether oxygens (including phenoxy) is 1. The van der Waals surface area contributed by atoms with Crippen molar-refractivity contribution in [1.29, 1.82) is 0 Å². The first-order valence-corrected chi connectivity index (χ1v) is 9.57. The summed E-state index contributed by atoms with van der Waals surface area (Å²) in [6, 6.07) is 12.2. The van der Waals surface area contributed by atoms with Crippen molar-refractivity contribution in [1.82, 2.24) is 0 Å². The van der Waals surface area contributed by atoms with Crippen LogP contribution in [-0.4, -0.2) is 21.0 Å². The fraction of sp³-hybridized carbons (Fsp3) is 0.235. The van der Waals surface area contributed by atoms with Gasteiger partial charge in [0.05, 0.1) is 53.7 Å². The van der Waals surface area contributed by atoms with E-state index in [0.29, 0.717) is 31.8 Å². The van der Waals surface area contributed by atoms with Crippen LogP contribution in [0.5, 0.6) is 0 Å². The SMILES string of the molecule is CCOC(=O)C(C)c1ccc2c(c1)S(=O)c1ccccc1S2=O. The zero-order chi connectivity index (χ0) is 16.6. The third-order valence-corrected chi connectivity index (χ3v) is 7.02. The van der Waals surface area contributed by atoms with Crippen LogP contribution >= 0.6 is 0 Å². The van der Waals surface area contributed by atoms with Crippen LogP contribution < -0.4 is 0 Å². The quantitative estimate of drug-likeness (QED) is 0.683. The maximum absolute atomic E-state index is 12.8. The van der Waals surface area contributed by atoms with Crippen molar-refractivity contribution in [3.8, 4) is 0 Å². The highest BCUT2D eigenvalue weighted by molar-refractivity contribution is 7.91. The fourth-order valence-corrected chi connectivity index (χ4v) is 5.70. The Labute approximate surface area is 139 Å². The predicted molar refractivity (Wildman–Crippen MR) is 87.3 cm³/mol. The zero-order valence-corrected chi connectivity index (χ0v) is 14.4. The lowest BCUT2D eigenvalue weighted by atomic mass is 10.0. The molecule has 0 N–H and O–H groups in total. The second kappa shape index (κ2) is 6.37. The minimum Gasteiger partial charge on any atom is -0.466 e. The molecule has 0 saturated heterocycles. The van der Waals surface area contributed by atoms with E-state index in [0.717, 1.165) is 0 Å². The number of rotatable bonds is 3. The lowest BCUT2D eigenvalue weighted by molar-refractivity contribution is -0.144. The summed E-state index contributed by atoms with van der Waals surface area (Å²) in [6.07, 6.45) is 0. The first-order chi connectivity index (χ1) is 11.0. The van der Waals surface area contributed by atoms with Crippen molar-refractivity contribution in [3.63, 3.8) is 0 Å². The van der Waals surface area contributed by atoms with Crippen LogP contribution in [-0.2, 0) is 31.1 Å². The smallest absolute Gasteiger partial charge is 0.313 e. The lowest BCUT2D eigenvalue weighted by Crippen LogP contribution is -2.15. The molecule has 0 saturated carbocycles. The highest BCUT2D eigenvalue weighted by atomic mass is 32.2. The Balaban J connectivity index is 2.05. The summed E-state index contributed by atoms with van der Waals surface area (Å²) in [5, 5.41) is 0. The molecule has 4 nitrogen and oxygen atoms in total. The van der Waals surface area contributed by atoms with E-state index in [1.165, 1.54) is 0 Å². The Hall–Kier alpha value is -1.79. The number of fused-ring (bicyclic) bond motifs is 2. The normalized spacial score (nSPS) is 20.3. The van der Waals surface area contributed by atoms with Crippen LogP contribution in [0.1, 0.15) is 25.3 Å². The van der Waals surface area contributed by atoms with Crippen molar-refractivity contribution in [3.05, 3.63) is 48.0 Å². The average molecular weight is 348 g/mol. The van der Waals surface area contributed by atoms with Gasteiger partial charge in [-0.2, -0.15) is 0 Å². The summed E-state index contributed by atoms with van der Waals surface area (Å²) in [6.45, 7) is 3.82. The second-order valence-electron chi connectivity index (χ2n) is 5.16. The summed E-state index contributed by atoms with van der Waals surface area (Å²) in [7, 11) is -2.76. The van der Waals surface area contributed by atoms with Crippen LogP contribution in [0.25, 0.3) is 0 Å². The Morgan fingerprint density at radius 2 is 1.57 bits per heavy atom. The van der Waals surface area contributed by atoms with E-state index in [1.54, 1.807) is 56.3 Å². The highest BCUT2D eigenvalue weighted by Crippen LogP contribution is 2.36. The first-order valence-electron chi connectivity index (χ1n) is 7.27. The van der Waals surface area contributed by atoms with Gasteiger partial charge in [0.15, 0.2) is 0 Å². The maximum atomic E-state index is 12.8. The summed E-state index contributed by atoms with van der Waals surface area (Å²) < 4.78 is 30.5. The molecular formula is C17H16O4S2. The summed E-state index contributed by atoms with van der Waals surface area (Å²) in [4.78, 5) is 14.1. The second-order valence-corrected chi connectivity index (χ2v) is 8.00. The predicted octanol–water partition coefficient (Wildman–Crippen LogP) is 3.00. The molecule has 6 heteroatoms. The number of esters is 1. The molecule has 1 aliphatic rings. The molecule has 3 rings (SSSR count). The molecule has 0 amide bonds. The van der Waals surface area contributed by atoms with E-state index in [-0.39, 0.29) is 5.97 Å². The van der Waals surface area contributed by atoms with Gasteiger partial charge in [0.25, 0.3) is 0 Å². The van der Waals surface area contributed by atoms with Gasteiger partial charge >= 0.3 is 5.97 Å². The van der Waals surface area contributed by atoms with Gasteiger partial charge < -0.3 is 4.74 Å². The number of hydrogen-bond acceptors (Lipinski definition) is 4. The Kier molecular flexibility index (Phi) is 4.46. The number of carbonyl (C=O) groups excluding carboxylic acids is 1. The van der Waals surface area contributed by atoms with Crippen LogP contribution in [0, 0.1) is 0 Å². The van der Waals surface area contributed by atoms with E-state index < -0.39 is 27.5 Å². The van der Waals surface area contributed by atoms with Crippen molar-refractivity contribution >= 4 is 27.6 Å². The molecule has 0 aliphatic carbocycles. The Morgan fingerprint density at radius 1 is 1.00 bits per heavy atom. The Bertz CT molecular complexity index is 829.